The van der Waals surface area contributed by atoms with Crippen LogP contribution in [0.2, 0.25) is 0 Å². The van der Waals surface area contributed by atoms with Gasteiger partial charge in [-0.05, 0) is 43.7 Å². The Balaban J connectivity index is 1.83. The van der Waals surface area contributed by atoms with Gasteiger partial charge in [0.2, 0.25) is 0 Å². The molecule has 0 saturated heterocycles. The van der Waals surface area contributed by atoms with E-state index in [0.29, 0.717) is 36.9 Å². The molecule has 0 heterocycles. The molecule has 3 N–H and O–H groups in total. The molecule has 2 aromatic carbocycles. The van der Waals surface area contributed by atoms with Gasteiger partial charge in [-0.3, -0.25) is 9.79 Å². The van der Waals surface area contributed by atoms with Gasteiger partial charge in [0.15, 0.2) is 5.96 Å². The van der Waals surface area contributed by atoms with Crippen molar-refractivity contribution in [3.8, 4) is 5.75 Å². The third-order valence-electron chi connectivity index (χ3n) is 3.90. The van der Waals surface area contributed by atoms with Crippen LogP contribution in [-0.2, 0) is 6.54 Å². The lowest BCUT2D eigenvalue weighted by molar-refractivity contribution is 0.0955. The van der Waals surface area contributed by atoms with E-state index in [1.54, 1.807) is 25.2 Å². The maximum Gasteiger partial charge on any atom is 0.251 e. The first kappa shape index (κ1) is 21.2. The number of ether oxygens (including phenoxy) is 1. The molecule has 0 aromatic heterocycles. The van der Waals surface area contributed by atoms with Gasteiger partial charge in [-0.15, -0.1) is 0 Å². The van der Waals surface area contributed by atoms with E-state index in [0.717, 1.165) is 5.56 Å². The quantitative estimate of drug-likeness (QED) is 0.482. The zero-order chi connectivity index (χ0) is 20.4. The molecule has 0 aliphatic heterocycles. The van der Waals surface area contributed by atoms with Crippen molar-refractivity contribution in [2.75, 3.05) is 20.1 Å². The third-order valence-corrected chi connectivity index (χ3v) is 3.90. The Bertz CT molecular complexity index is 810. The number of carbonyl (C=O) groups is 1. The molecule has 0 aliphatic rings. The second-order valence-electron chi connectivity index (χ2n) is 6.25. The smallest absolute Gasteiger partial charge is 0.251 e. The van der Waals surface area contributed by atoms with E-state index in [2.05, 4.69) is 20.9 Å². The molecule has 0 bridgehead atoms. The van der Waals surface area contributed by atoms with Gasteiger partial charge in [0.1, 0.15) is 17.7 Å². The first-order valence-electron chi connectivity index (χ1n) is 9.25. The van der Waals surface area contributed by atoms with Crippen LogP contribution in [0.3, 0.4) is 0 Å². The molecule has 0 radical (unpaired) electrons. The number of aliphatic imine (C=N–C) groups is 1. The van der Waals surface area contributed by atoms with Gasteiger partial charge < -0.3 is 20.7 Å². The van der Waals surface area contributed by atoms with Crippen molar-refractivity contribution in [3.63, 3.8) is 0 Å². The monoisotopic (exact) mass is 386 g/mol. The van der Waals surface area contributed by atoms with Gasteiger partial charge in [0, 0.05) is 31.8 Å². The number of halogens is 1. The normalized spacial score (nSPS) is 12.2. The minimum absolute atomic E-state index is 0.0878. The van der Waals surface area contributed by atoms with Crippen molar-refractivity contribution < 1.29 is 13.9 Å². The van der Waals surface area contributed by atoms with Gasteiger partial charge in [0.05, 0.1) is 6.54 Å². The second kappa shape index (κ2) is 10.9. The number of rotatable bonds is 8. The summed E-state index contributed by atoms with van der Waals surface area (Å²) in [6, 6.07) is 13.5. The lowest BCUT2D eigenvalue weighted by Gasteiger charge is -2.18. The highest BCUT2D eigenvalue weighted by molar-refractivity contribution is 5.94. The molecule has 7 heteroatoms. The van der Waals surface area contributed by atoms with Crippen LogP contribution in [0.4, 0.5) is 4.39 Å². The van der Waals surface area contributed by atoms with Crippen LogP contribution in [0, 0.1) is 5.82 Å². The predicted molar refractivity (Wildman–Crippen MR) is 109 cm³/mol. The number of hydrogen-bond donors (Lipinski definition) is 3. The highest BCUT2D eigenvalue weighted by Crippen LogP contribution is 2.13. The van der Waals surface area contributed by atoms with Crippen molar-refractivity contribution in [2.45, 2.75) is 26.5 Å². The zero-order valence-corrected chi connectivity index (χ0v) is 16.5. The lowest BCUT2D eigenvalue weighted by Crippen LogP contribution is -2.41. The lowest BCUT2D eigenvalue weighted by atomic mass is 10.1. The largest absolute Gasteiger partial charge is 0.489 e. The number of guanidine groups is 1. The number of carbonyl (C=O) groups excluding carboxylic acids is 1. The molecular formula is C21H27FN4O2. The van der Waals surface area contributed by atoms with Crippen LogP contribution in [0.1, 0.15) is 29.8 Å². The van der Waals surface area contributed by atoms with Crippen LogP contribution in [0.5, 0.6) is 5.75 Å². The summed E-state index contributed by atoms with van der Waals surface area (Å²) in [5.41, 5.74) is 1.59. The fourth-order valence-electron chi connectivity index (χ4n) is 2.55. The number of hydrogen-bond acceptors (Lipinski definition) is 3. The Morgan fingerprint density at radius 1 is 1.14 bits per heavy atom. The average Bonchev–Trinajstić information content (AvgIpc) is 2.68. The molecule has 0 fully saturated rings. The standard InChI is InChI=1S/C21H27FN4O2/c1-4-24-20(27)17-8-5-7-16(11-17)14-26-21(23-3)25-13-15(2)28-19-10-6-9-18(22)12-19/h5-12,15H,4,13-14H2,1-3H3,(H,24,27)(H2,23,25,26). The summed E-state index contributed by atoms with van der Waals surface area (Å²) >= 11 is 0. The Labute approximate surface area is 165 Å². The highest BCUT2D eigenvalue weighted by Gasteiger charge is 2.08. The van der Waals surface area contributed by atoms with E-state index in [1.165, 1.54) is 12.1 Å². The maximum atomic E-state index is 13.2. The van der Waals surface area contributed by atoms with Crippen molar-refractivity contribution in [1.82, 2.24) is 16.0 Å². The molecule has 2 rings (SSSR count). The first-order valence-corrected chi connectivity index (χ1v) is 9.25. The van der Waals surface area contributed by atoms with Crippen molar-refractivity contribution >= 4 is 11.9 Å². The minimum Gasteiger partial charge on any atom is -0.489 e. The fraction of sp³-hybridized carbons (Fsp3) is 0.333. The minimum atomic E-state index is -0.329. The number of benzene rings is 2. The summed E-state index contributed by atoms with van der Waals surface area (Å²) < 4.78 is 18.9. The van der Waals surface area contributed by atoms with Gasteiger partial charge in [0.25, 0.3) is 5.91 Å². The zero-order valence-electron chi connectivity index (χ0n) is 16.5. The van der Waals surface area contributed by atoms with Gasteiger partial charge in [-0.1, -0.05) is 18.2 Å². The van der Waals surface area contributed by atoms with E-state index in [4.69, 9.17) is 4.74 Å². The Morgan fingerprint density at radius 3 is 2.64 bits per heavy atom. The summed E-state index contributed by atoms with van der Waals surface area (Å²) in [6.45, 7) is 5.38. The molecule has 150 valence electrons. The van der Waals surface area contributed by atoms with Crippen molar-refractivity contribution in [1.29, 1.82) is 0 Å². The fourth-order valence-corrected chi connectivity index (χ4v) is 2.55. The molecular weight excluding hydrogens is 359 g/mol. The highest BCUT2D eigenvalue weighted by atomic mass is 19.1. The van der Waals surface area contributed by atoms with Crippen molar-refractivity contribution in [2.24, 2.45) is 4.99 Å². The number of nitrogens with one attached hydrogen (secondary N) is 3. The maximum absolute atomic E-state index is 13.2. The van der Waals surface area contributed by atoms with E-state index >= 15 is 0 Å². The van der Waals surface area contributed by atoms with E-state index in [9.17, 15) is 9.18 Å². The number of nitrogens with zero attached hydrogens (tertiary/aromatic N) is 1. The third kappa shape index (κ3) is 6.90. The van der Waals surface area contributed by atoms with Crippen LogP contribution in [-0.4, -0.2) is 38.1 Å². The molecule has 1 unspecified atom stereocenters. The molecule has 1 amide bonds. The van der Waals surface area contributed by atoms with Crippen LogP contribution >= 0.6 is 0 Å². The summed E-state index contributed by atoms with van der Waals surface area (Å²) in [5, 5.41) is 9.17. The number of amides is 1. The first-order chi connectivity index (χ1) is 13.5. The van der Waals surface area contributed by atoms with Gasteiger partial charge in [-0.2, -0.15) is 0 Å². The average molecular weight is 386 g/mol. The van der Waals surface area contributed by atoms with Crippen LogP contribution < -0.4 is 20.7 Å². The van der Waals surface area contributed by atoms with Gasteiger partial charge in [-0.25, -0.2) is 4.39 Å². The molecule has 1 atom stereocenters. The summed E-state index contributed by atoms with van der Waals surface area (Å²) in [6.07, 6.45) is -0.179. The SMILES string of the molecule is CCNC(=O)c1cccc(CNC(=NC)NCC(C)Oc2cccc(F)c2)c1. The van der Waals surface area contributed by atoms with E-state index in [1.807, 2.05) is 32.0 Å². The Hall–Kier alpha value is -3.09. The molecule has 2 aromatic rings. The Kier molecular flexibility index (Phi) is 8.27. The summed E-state index contributed by atoms with van der Waals surface area (Å²) in [5.74, 6) is 0.678. The topological polar surface area (TPSA) is 74.8 Å². The summed E-state index contributed by atoms with van der Waals surface area (Å²) in [4.78, 5) is 16.1. The second-order valence-corrected chi connectivity index (χ2v) is 6.25. The van der Waals surface area contributed by atoms with Gasteiger partial charge >= 0.3 is 0 Å². The molecule has 6 nitrogen and oxygen atoms in total. The molecule has 0 aliphatic carbocycles. The van der Waals surface area contributed by atoms with Crippen molar-refractivity contribution in [3.05, 3.63) is 65.5 Å². The van der Waals surface area contributed by atoms with E-state index < -0.39 is 0 Å². The van der Waals surface area contributed by atoms with E-state index in [-0.39, 0.29) is 17.8 Å². The Morgan fingerprint density at radius 2 is 1.93 bits per heavy atom. The molecule has 0 saturated carbocycles. The molecule has 0 spiro atoms. The summed E-state index contributed by atoms with van der Waals surface area (Å²) in [7, 11) is 1.68. The van der Waals surface area contributed by atoms with Crippen LogP contribution in [0.25, 0.3) is 0 Å². The van der Waals surface area contributed by atoms with Crippen LogP contribution in [0.15, 0.2) is 53.5 Å². The molecule has 28 heavy (non-hydrogen) atoms. The predicted octanol–water partition coefficient (Wildman–Crippen LogP) is 2.71.